The van der Waals surface area contributed by atoms with E-state index in [1.165, 1.54) is 12.1 Å². The van der Waals surface area contributed by atoms with Crippen LogP contribution < -0.4 is 4.90 Å². The number of hydrogen-bond acceptors (Lipinski definition) is 4. The summed E-state index contributed by atoms with van der Waals surface area (Å²) in [6, 6.07) is 10.9. The van der Waals surface area contributed by atoms with E-state index in [9.17, 15) is 4.39 Å². The zero-order valence-electron chi connectivity index (χ0n) is 12.0. The van der Waals surface area contributed by atoms with Crippen LogP contribution in [0, 0.1) is 34.4 Å². The Bertz CT molecular complexity index is 521. The maximum atomic E-state index is 12.9. The highest BCUT2D eigenvalue weighted by Gasteiger charge is 2.20. The molecule has 5 heteroatoms. The van der Waals surface area contributed by atoms with E-state index in [1.54, 1.807) is 12.1 Å². The normalized spacial score (nSPS) is 17.0. The maximum Gasteiger partial charge on any atom is 0.123 e. The Labute approximate surface area is 125 Å². The highest BCUT2D eigenvalue weighted by molar-refractivity contribution is 5.46. The molecule has 1 aromatic carbocycles. The molecule has 0 aliphatic carbocycles. The lowest BCUT2D eigenvalue weighted by atomic mass is 10.0. The minimum absolute atomic E-state index is 0.0676. The first-order valence-electron chi connectivity index (χ1n) is 7.22. The lowest BCUT2D eigenvalue weighted by Gasteiger charge is -2.36. The number of nitriles is 2. The van der Waals surface area contributed by atoms with Crippen LogP contribution in [0.5, 0.6) is 0 Å². The average molecular weight is 286 g/mol. The number of halogens is 1. The third kappa shape index (κ3) is 4.44. The van der Waals surface area contributed by atoms with Gasteiger partial charge in [0.15, 0.2) is 0 Å². The lowest BCUT2D eigenvalue weighted by molar-refractivity contribution is 0.233. The van der Waals surface area contributed by atoms with Gasteiger partial charge in [0, 0.05) is 44.8 Å². The number of hydrogen-bond donors (Lipinski definition) is 0. The van der Waals surface area contributed by atoms with Gasteiger partial charge in [-0.1, -0.05) is 0 Å². The van der Waals surface area contributed by atoms with Gasteiger partial charge in [0.1, 0.15) is 5.82 Å². The van der Waals surface area contributed by atoms with Gasteiger partial charge in [0.05, 0.1) is 18.1 Å². The van der Waals surface area contributed by atoms with Crippen molar-refractivity contribution in [3.8, 4) is 12.1 Å². The first-order chi connectivity index (χ1) is 10.2. The molecular weight excluding hydrogens is 267 g/mol. The van der Waals surface area contributed by atoms with E-state index in [-0.39, 0.29) is 11.7 Å². The summed E-state index contributed by atoms with van der Waals surface area (Å²) in [7, 11) is 0. The van der Waals surface area contributed by atoms with Crippen molar-refractivity contribution in [2.45, 2.75) is 12.8 Å². The Balaban J connectivity index is 1.81. The van der Waals surface area contributed by atoms with Crippen LogP contribution >= 0.6 is 0 Å². The average Bonchev–Trinajstić information content (AvgIpc) is 2.53. The molecule has 0 bridgehead atoms. The Kier molecular flexibility index (Phi) is 5.54. The van der Waals surface area contributed by atoms with Crippen molar-refractivity contribution in [2.24, 2.45) is 5.92 Å². The predicted molar refractivity (Wildman–Crippen MR) is 79.0 cm³/mol. The lowest BCUT2D eigenvalue weighted by Crippen LogP contribution is -2.47. The molecule has 0 aromatic heterocycles. The third-order valence-electron chi connectivity index (χ3n) is 3.83. The Morgan fingerprint density at radius 1 is 1.10 bits per heavy atom. The number of piperazine rings is 1. The highest BCUT2D eigenvalue weighted by atomic mass is 19.1. The molecule has 1 saturated heterocycles. The van der Waals surface area contributed by atoms with Crippen LogP contribution in [0.1, 0.15) is 12.8 Å². The molecule has 1 aliphatic rings. The molecule has 4 nitrogen and oxygen atoms in total. The van der Waals surface area contributed by atoms with Gasteiger partial charge in [0.25, 0.3) is 0 Å². The van der Waals surface area contributed by atoms with Gasteiger partial charge >= 0.3 is 0 Å². The topological polar surface area (TPSA) is 54.1 Å². The summed E-state index contributed by atoms with van der Waals surface area (Å²) in [5.74, 6) is -0.284. The van der Waals surface area contributed by atoms with E-state index in [1.807, 2.05) is 0 Å². The summed E-state index contributed by atoms with van der Waals surface area (Å²) in [6.45, 7) is 4.27. The highest BCUT2D eigenvalue weighted by Crippen LogP contribution is 2.18. The minimum Gasteiger partial charge on any atom is -0.369 e. The van der Waals surface area contributed by atoms with Crippen LogP contribution in [0.3, 0.4) is 0 Å². The first-order valence-corrected chi connectivity index (χ1v) is 7.22. The van der Waals surface area contributed by atoms with E-state index in [0.29, 0.717) is 12.8 Å². The second-order valence-corrected chi connectivity index (χ2v) is 5.29. The zero-order valence-corrected chi connectivity index (χ0v) is 12.0. The molecule has 0 amide bonds. The zero-order chi connectivity index (χ0) is 15.1. The van der Waals surface area contributed by atoms with E-state index >= 15 is 0 Å². The van der Waals surface area contributed by atoms with Gasteiger partial charge in [-0.25, -0.2) is 4.39 Å². The van der Waals surface area contributed by atoms with Crippen LogP contribution in [0.15, 0.2) is 24.3 Å². The summed E-state index contributed by atoms with van der Waals surface area (Å²) in [6.07, 6.45) is 1.08. The molecule has 21 heavy (non-hydrogen) atoms. The SMILES string of the molecule is N#CCC[C@@H](C#N)CN1CCN(c2ccc(F)cc2)CC1. The number of benzene rings is 1. The molecule has 1 fully saturated rings. The van der Waals surface area contributed by atoms with Gasteiger partial charge in [0.2, 0.25) is 0 Å². The summed E-state index contributed by atoms with van der Waals surface area (Å²) >= 11 is 0. The molecule has 0 radical (unpaired) electrons. The quantitative estimate of drug-likeness (QED) is 0.834. The van der Waals surface area contributed by atoms with Gasteiger partial charge in [-0.05, 0) is 30.7 Å². The molecule has 2 rings (SSSR count). The second kappa shape index (κ2) is 7.61. The molecule has 0 N–H and O–H groups in total. The molecular formula is C16H19FN4. The smallest absolute Gasteiger partial charge is 0.123 e. The maximum absolute atomic E-state index is 12.9. The van der Waals surface area contributed by atoms with Crippen molar-refractivity contribution in [2.75, 3.05) is 37.6 Å². The molecule has 0 unspecified atom stereocenters. The number of anilines is 1. The second-order valence-electron chi connectivity index (χ2n) is 5.29. The molecule has 1 atom stereocenters. The van der Waals surface area contributed by atoms with Crippen molar-refractivity contribution in [3.63, 3.8) is 0 Å². The van der Waals surface area contributed by atoms with Crippen molar-refractivity contribution < 1.29 is 4.39 Å². The predicted octanol–water partition coefficient (Wildman–Crippen LogP) is 2.39. The Morgan fingerprint density at radius 2 is 1.76 bits per heavy atom. The molecule has 1 heterocycles. The minimum atomic E-state index is -0.216. The van der Waals surface area contributed by atoms with Gasteiger partial charge in [-0.3, -0.25) is 4.90 Å². The fraction of sp³-hybridized carbons (Fsp3) is 0.500. The van der Waals surface area contributed by atoms with E-state index < -0.39 is 0 Å². The van der Waals surface area contributed by atoms with Crippen molar-refractivity contribution in [3.05, 3.63) is 30.1 Å². The Hall–Kier alpha value is -2.11. The van der Waals surface area contributed by atoms with Crippen LogP contribution in [0.4, 0.5) is 10.1 Å². The van der Waals surface area contributed by atoms with Gasteiger partial charge in [-0.15, -0.1) is 0 Å². The fourth-order valence-electron chi connectivity index (χ4n) is 2.59. The van der Waals surface area contributed by atoms with Crippen LogP contribution in [0.25, 0.3) is 0 Å². The molecule has 0 saturated carbocycles. The molecule has 1 aliphatic heterocycles. The van der Waals surface area contributed by atoms with Crippen molar-refractivity contribution in [1.29, 1.82) is 10.5 Å². The fourth-order valence-corrected chi connectivity index (χ4v) is 2.59. The monoisotopic (exact) mass is 286 g/mol. The summed E-state index contributed by atoms with van der Waals surface area (Å²) < 4.78 is 12.9. The van der Waals surface area contributed by atoms with Crippen molar-refractivity contribution in [1.82, 2.24) is 4.90 Å². The van der Waals surface area contributed by atoms with Crippen molar-refractivity contribution >= 4 is 5.69 Å². The third-order valence-corrected chi connectivity index (χ3v) is 3.83. The van der Waals surface area contributed by atoms with Crippen LogP contribution in [-0.2, 0) is 0 Å². The Morgan fingerprint density at radius 3 is 2.33 bits per heavy atom. The summed E-state index contributed by atoms with van der Waals surface area (Å²) in [4.78, 5) is 4.50. The summed E-state index contributed by atoms with van der Waals surface area (Å²) in [5, 5.41) is 17.7. The number of rotatable bonds is 5. The van der Waals surface area contributed by atoms with Crippen LogP contribution in [0.2, 0.25) is 0 Å². The summed E-state index contributed by atoms with van der Waals surface area (Å²) in [5.41, 5.74) is 1.04. The molecule has 1 aromatic rings. The largest absolute Gasteiger partial charge is 0.369 e. The van der Waals surface area contributed by atoms with Gasteiger partial charge < -0.3 is 4.90 Å². The molecule has 0 spiro atoms. The van der Waals surface area contributed by atoms with Crippen LogP contribution in [-0.4, -0.2) is 37.6 Å². The van der Waals surface area contributed by atoms with E-state index in [0.717, 1.165) is 38.4 Å². The molecule has 110 valence electrons. The first kappa shape index (κ1) is 15.3. The van der Waals surface area contributed by atoms with Gasteiger partial charge in [-0.2, -0.15) is 10.5 Å². The number of nitrogens with zero attached hydrogens (tertiary/aromatic N) is 4. The van der Waals surface area contributed by atoms with E-state index in [4.69, 9.17) is 10.5 Å². The standard InChI is InChI=1S/C16H19FN4/c17-15-3-5-16(6-4-15)21-10-8-20(9-11-21)13-14(12-19)2-1-7-18/h3-6,14H,1-2,8-11,13H2/t14-/m0/s1. The van der Waals surface area contributed by atoms with E-state index in [2.05, 4.69) is 21.9 Å².